The molecule has 130 valence electrons. The van der Waals surface area contributed by atoms with Gasteiger partial charge in [0.25, 0.3) is 0 Å². The SMILES string of the molecule is CC(C)(CO)c1ccc(-c2c(F)cc3[nH]cc(C(=O)O)c3c2F)cc1. The number of rotatable bonds is 4. The molecule has 3 aromatic rings. The number of carboxylic acids is 1. The largest absolute Gasteiger partial charge is 0.478 e. The molecule has 1 heterocycles. The lowest BCUT2D eigenvalue weighted by molar-refractivity contribution is 0.0698. The van der Waals surface area contributed by atoms with Crippen molar-refractivity contribution in [2.75, 3.05) is 6.61 Å². The highest BCUT2D eigenvalue weighted by Gasteiger charge is 2.23. The number of hydrogen-bond acceptors (Lipinski definition) is 2. The fourth-order valence-electron chi connectivity index (χ4n) is 2.83. The molecular weight excluding hydrogens is 328 g/mol. The van der Waals surface area contributed by atoms with Crippen LogP contribution in [0.25, 0.3) is 22.0 Å². The quantitative estimate of drug-likeness (QED) is 0.667. The summed E-state index contributed by atoms with van der Waals surface area (Å²) in [4.78, 5) is 13.8. The first-order valence-corrected chi connectivity index (χ1v) is 7.70. The number of benzene rings is 2. The number of hydrogen-bond donors (Lipinski definition) is 3. The number of carboxylic acid groups (broad SMARTS) is 1. The first-order valence-electron chi connectivity index (χ1n) is 7.70. The lowest BCUT2D eigenvalue weighted by atomic mass is 9.85. The van der Waals surface area contributed by atoms with Crippen LogP contribution in [0, 0.1) is 11.6 Å². The van der Waals surface area contributed by atoms with Crippen molar-refractivity contribution in [2.45, 2.75) is 19.3 Å². The van der Waals surface area contributed by atoms with Gasteiger partial charge < -0.3 is 15.2 Å². The Hall–Kier alpha value is -2.73. The summed E-state index contributed by atoms with van der Waals surface area (Å²) in [5.41, 5.74) is 0.223. The average molecular weight is 345 g/mol. The highest BCUT2D eigenvalue weighted by molar-refractivity contribution is 6.04. The monoisotopic (exact) mass is 345 g/mol. The van der Waals surface area contributed by atoms with E-state index < -0.39 is 23.0 Å². The number of fused-ring (bicyclic) bond motifs is 1. The smallest absolute Gasteiger partial charge is 0.337 e. The highest BCUT2D eigenvalue weighted by atomic mass is 19.1. The van der Waals surface area contributed by atoms with Gasteiger partial charge in [0.05, 0.1) is 28.6 Å². The van der Waals surface area contributed by atoms with Gasteiger partial charge in [0.2, 0.25) is 0 Å². The lowest BCUT2D eigenvalue weighted by Gasteiger charge is -2.22. The van der Waals surface area contributed by atoms with Crippen molar-refractivity contribution in [1.29, 1.82) is 0 Å². The first-order chi connectivity index (χ1) is 11.8. The van der Waals surface area contributed by atoms with E-state index in [1.54, 1.807) is 24.3 Å². The minimum atomic E-state index is -1.29. The van der Waals surface area contributed by atoms with Gasteiger partial charge in [-0.1, -0.05) is 38.1 Å². The van der Waals surface area contributed by atoms with Crippen molar-refractivity contribution >= 4 is 16.9 Å². The van der Waals surface area contributed by atoms with Crippen LogP contribution in [0.4, 0.5) is 8.78 Å². The number of carbonyl (C=O) groups is 1. The topological polar surface area (TPSA) is 73.3 Å². The fourth-order valence-corrected chi connectivity index (χ4v) is 2.83. The number of aromatic nitrogens is 1. The average Bonchev–Trinajstić information content (AvgIpc) is 2.99. The van der Waals surface area contributed by atoms with Crippen LogP contribution >= 0.6 is 0 Å². The molecule has 4 nitrogen and oxygen atoms in total. The molecule has 0 amide bonds. The third-order valence-corrected chi connectivity index (χ3v) is 4.44. The predicted molar refractivity (Wildman–Crippen MR) is 90.7 cm³/mol. The van der Waals surface area contributed by atoms with Crippen molar-refractivity contribution in [3.8, 4) is 11.1 Å². The van der Waals surface area contributed by atoms with E-state index >= 15 is 0 Å². The van der Waals surface area contributed by atoms with Crippen LogP contribution in [0.2, 0.25) is 0 Å². The second kappa shape index (κ2) is 5.97. The summed E-state index contributed by atoms with van der Waals surface area (Å²) in [6.45, 7) is 3.65. The van der Waals surface area contributed by atoms with Crippen molar-refractivity contribution in [1.82, 2.24) is 4.98 Å². The molecule has 3 N–H and O–H groups in total. The van der Waals surface area contributed by atoms with Crippen molar-refractivity contribution < 1.29 is 23.8 Å². The Morgan fingerprint density at radius 3 is 2.40 bits per heavy atom. The molecule has 0 aliphatic carbocycles. The zero-order valence-corrected chi connectivity index (χ0v) is 13.7. The molecule has 0 radical (unpaired) electrons. The highest BCUT2D eigenvalue weighted by Crippen LogP contribution is 2.34. The Morgan fingerprint density at radius 1 is 1.20 bits per heavy atom. The maximum absolute atomic E-state index is 14.9. The van der Waals surface area contributed by atoms with E-state index in [9.17, 15) is 23.8 Å². The molecule has 2 aromatic carbocycles. The molecule has 6 heteroatoms. The molecule has 25 heavy (non-hydrogen) atoms. The Balaban J connectivity index is 2.18. The number of nitrogens with one attached hydrogen (secondary N) is 1. The maximum Gasteiger partial charge on any atom is 0.337 e. The van der Waals surface area contributed by atoms with Gasteiger partial charge in [-0.2, -0.15) is 0 Å². The number of H-pyrrole nitrogens is 1. The fraction of sp³-hybridized carbons (Fsp3) is 0.211. The molecular formula is C19H17F2NO3. The van der Waals surface area contributed by atoms with Gasteiger partial charge in [-0.3, -0.25) is 0 Å². The number of aliphatic hydroxyl groups is 1. The van der Waals surface area contributed by atoms with E-state index in [4.69, 9.17) is 0 Å². The summed E-state index contributed by atoms with van der Waals surface area (Å²) in [5, 5.41) is 18.4. The van der Waals surface area contributed by atoms with Crippen LogP contribution in [0.15, 0.2) is 36.5 Å². The second-order valence-corrected chi connectivity index (χ2v) is 6.60. The molecule has 0 saturated carbocycles. The first kappa shape index (κ1) is 17.1. The maximum atomic E-state index is 14.9. The minimum Gasteiger partial charge on any atom is -0.478 e. The van der Waals surface area contributed by atoms with Crippen LogP contribution in [-0.4, -0.2) is 27.8 Å². The molecule has 0 bridgehead atoms. The van der Waals surface area contributed by atoms with Crippen LogP contribution in [0.3, 0.4) is 0 Å². The summed E-state index contributed by atoms with van der Waals surface area (Å²) < 4.78 is 29.3. The van der Waals surface area contributed by atoms with Crippen LogP contribution in [0.1, 0.15) is 29.8 Å². The zero-order valence-electron chi connectivity index (χ0n) is 13.7. The molecule has 1 aromatic heterocycles. The van der Waals surface area contributed by atoms with Crippen LogP contribution in [-0.2, 0) is 5.41 Å². The van der Waals surface area contributed by atoms with Gasteiger partial charge >= 0.3 is 5.97 Å². The normalized spacial score (nSPS) is 11.9. The Labute approximate surface area is 142 Å². The van der Waals surface area contributed by atoms with Gasteiger partial charge in [0.15, 0.2) is 0 Å². The molecule has 0 unspecified atom stereocenters. The van der Waals surface area contributed by atoms with Crippen molar-refractivity contribution in [2.24, 2.45) is 0 Å². The van der Waals surface area contributed by atoms with Gasteiger partial charge in [-0.15, -0.1) is 0 Å². The van der Waals surface area contributed by atoms with Gasteiger partial charge in [0, 0.05) is 11.6 Å². The lowest BCUT2D eigenvalue weighted by Crippen LogP contribution is -2.21. The van der Waals surface area contributed by atoms with E-state index in [-0.39, 0.29) is 28.6 Å². The minimum absolute atomic E-state index is 0.0631. The number of aromatic amines is 1. The van der Waals surface area contributed by atoms with Crippen molar-refractivity contribution in [3.63, 3.8) is 0 Å². The van der Waals surface area contributed by atoms with E-state index in [0.717, 1.165) is 17.8 Å². The zero-order chi connectivity index (χ0) is 18.4. The third kappa shape index (κ3) is 2.78. The summed E-state index contributed by atoms with van der Waals surface area (Å²) >= 11 is 0. The molecule has 0 spiro atoms. The van der Waals surface area contributed by atoms with Gasteiger partial charge in [-0.05, 0) is 17.2 Å². The van der Waals surface area contributed by atoms with Crippen LogP contribution in [0.5, 0.6) is 0 Å². The molecule has 0 aliphatic rings. The van der Waals surface area contributed by atoms with Crippen LogP contribution < -0.4 is 0 Å². The molecule has 3 rings (SSSR count). The molecule has 0 fully saturated rings. The third-order valence-electron chi connectivity index (χ3n) is 4.44. The summed E-state index contributed by atoms with van der Waals surface area (Å²) in [6.07, 6.45) is 1.15. The standard InChI is InChI=1S/C19H17F2NO3/c1-19(2,9-23)11-5-3-10(4-6-11)15-13(20)7-14-16(17(15)21)12(8-22-14)18(24)25/h3-8,22-23H,9H2,1-2H3,(H,24,25). The summed E-state index contributed by atoms with van der Waals surface area (Å²) in [5.74, 6) is -2.98. The summed E-state index contributed by atoms with van der Waals surface area (Å²) in [6, 6.07) is 7.61. The Bertz CT molecular complexity index is 959. The van der Waals surface area contributed by atoms with Gasteiger partial charge in [0.1, 0.15) is 11.6 Å². The Kier molecular flexibility index (Phi) is 4.08. The second-order valence-electron chi connectivity index (χ2n) is 6.60. The molecule has 0 aliphatic heterocycles. The predicted octanol–water partition coefficient (Wildman–Crippen LogP) is 4.08. The van der Waals surface area contributed by atoms with E-state index in [1.165, 1.54) is 0 Å². The molecule has 0 atom stereocenters. The van der Waals surface area contributed by atoms with Gasteiger partial charge in [-0.25, -0.2) is 13.6 Å². The van der Waals surface area contributed by atoms with E-state index in [0.29, 0.717) is 5.56 Å². The number of halogens is 2. The number of aromatic carboxylic acids is 1. The van der Waals surface area contributed by atoms with E-state index in [2.05, 4.69) is 4.98 Å². The summed E-state index contributed by atoms with van der Waals surface area (Å²) in [7, 11) is 0. The molecule has 0 saturated heterocycles. The van der Waals surface area contributed by atoms with E-state index in [1.807, 2.05) is 13.8 Å². The van der Waals surface area contributed by atoms with Crippen molar-refractivity contribution in [3.05, 3.63) is 59.3 Å². The Morgan fingerprint density at radius 2 is 1.84 bits per heavy atom. The number of aliphatic hydroxyl groups excluding tert-OH is 1.